The third-order valence-corrected chi connectivity index (χ3v) is 3.74. The Morgan fingerprint density at radius 2 is 1.83 bits per heavy atom. The van der Waals surface area contributed by atoms with E-state index in [4.69, 9.17) is 4.74 Å². The minimum atomic E-state index is 0.783. The number of likely N-dealkylation sites (N-methyl/N-ethyl adjacent to an activating group) is 1. The van der Waals surface area contributed by atoms with Gasteiger partial charge in [0.15, 0.2) is 5.75 Å². The molecule has 0 saturated carbocycles. The predicted molar refractivity (Wildman–Crippen MR) is 75.0 cm³/mol. The minimum Gasteiger partial charge on any atom is -0.487 e. The number of fused-ring (bicyclic) bond motifs is 1. The summed E-state index contributed by atoms with van der Waals surface area (Å²) in [5.74, 6) is 1.07. The minimum absolute atomic E-state index is 0.783. The van der Waals surface area contributed by atoms with Crippen LogP contribution in [0.2, 0.25) is 0 Å². The second-order valence-corrected chi connectivity index (χ2v) is 5.14. The van der Waals surface area contributed by atoms with Crippen molar-refractivity contribution in [2.45, 2.75) is 6.92 Å². The first-order chi connectivity index (χ1) is 8.75. The van der Waals surface area contributed by atoms with Crippen LogP contribution in [0.25, 0.3) is 0 Å². The molecular weight excluding hydrogens is 226 g/mol. The Kier molecular flexibility index (Phi) is 3.04. The monoisotopic (exact) mass is 247 g/mol. The molecule has 1 saturated heterocycles. The number of anilines is 2. The van der Waals surface area contributed by atoms with E-state index in [0.717, 1.165) is 45.1 Å². The van der Waals surface area contributed by atoms with Crippen molar-refractivity contribution in [3.05, 3.63) is 17.7 Å². The summed E-state index contributed by atoms with van der Waals surface area (Å²) in [7, 11) is 2.14. The molecule has 1 aromatic carbocycles. The van der Waals surface area contributed by atoms with Gasteiger partial charge in [-0.3, -0.25) is 0 Å². The van der Waals surface area contributed by atoms with Gasteiger partial charge in [-0.2, -0.15) is 0 Å². The lowest BCUT2D eigenvalue weighted by Crippen LogP contribution is -2.44. The summed E-state index contributed by atoms with van der Waals surface area (Å²) in [5, 5.41) is 3.40. The fourth-order valence-corrected chi connectivity index (χ4v) is 2.71. The van der Waals surface area contributed by atoms with Gasteiger partial charge in [0.2, 0.25) is 0 Å². The van der Waals surface area contributed by atoms with Gasteiger partial charge in [-0.25, -0.2) is 0 Å². The van der Waals surface area contributed by atoms with Gasteiger partial charge in [-0.1, -0.05) is 0 Å². The summed E-state index contributed by atoms with van der Waals surface area (Å²) in [5.41, 5.74) is 3.80. The molecule has 1 aromatic rings. The van der Waals surface area contributed by atoms with Crippen molar-refractivity contribution in [1.82, 2.24) is 5.32 Å². The van der Waals surface area contributed by atoms with Gasteiger partial charge < -0.3 is 19.9 Å². The lowest BCUT2D eigenvalue weighted by molar-refractivity contribution is 0.311. The topological polar surface area (TPSA) is 27.7 Å². The van der Waals surface area contributed by atoms with Crippen LogP contribution < -0.4 is 19.9 Å². The summed E-state index contributed by atoms with van der Waals surface area (Å²) < 4.78 is 5.93. The largest absolute Gasteiger partial charge is 0.487 e. The van der Waals surface area contributed by atoms with Crippen LogP contribution in [-0.2, 0) is 0 Å². The van der Waals surface area contributed by atoms with Crippen LogP contribution in [0.1, 0.15) is 5.56 Å². The highest BCUT2D eigenvalue weighted by atomic mass is 16.5. The Morgan fingerprint density at radius 1 is 1.11 bits per heavy atom. The molecule has 1 fully saturated rings. The van der Waals surface area contributed by atoms with Crippen molar-refractivity contribution in [2.24, 2.45) is 0 Å². The van der Waals surface area contributed by atoms with Crippen molar-refractivity contribution < 1.29 is 4.74 Å². The molecule has 0 atom stereocenters. The SMILES string of the molecule is Cc1cc2c(c(N3CCNCC3)c1)OCCN2C. The van der Waals surface area contributed by atoms with E-state index in [1.165, 1.54) is 16.9 Å². The molecule has 2 aliphatic heterocycles. The van der Waals surface area contributed by atoms with Crippen molar-refractivity contribution >= 4 is 11.4 Å². The molecule has 0 bridgehead atoms. The van der Waals surface area contributed by atoms with Gasteiger partial charge >= 0.3 is 0 Å². The van der Waals surface area contributed by atoms with E-state index in [0.29, 0.717) is 0 Å². The van der Waals surface area contributed by atoms with Crippen molar-refractivity contribution in [3.8, 4) is 5.75 Å². The Morgan fingerprint density at radius 3 is 2.61 bits per heavy atom. The maximum absolute atomic E-state index is 5.93. The average Bonchev–Trinajstić information content (AvgIpc) is 2.40. The van der Waals surface area contributed by atoms with Crippen LogP contribution in [0.5, 0.6) is 5.75 Å². The predicted octanol–water partition coefficient (Wildman–Crippen LogP) is 1.23. The molecule has 4 heteroatoms. The molecule has 0 aromatic heterocycles. The molecule has 0 aliphatic carbocycles. The second kappa shape index (κ2) is 4.69. The smallest absolute Gasteiger partial charge is 0.165 e. The highest BCUT2D eigenvalue weighted by molar-refractivity contribution is 5.75. The van der Waals surface area contributed by atoms with Crippen LogP contribution in [0.15, 0.2) is 12.1 Å². The van der Waals surface area contributed by atoms with Crippen LogP contribution >= 0.6 is 0 Å². The van der Waals surface area contributed by atoms with Crippen LogP contribution in [0.4, 0.5) is 11.4 Å². The Bertz CT molecular complexity index is 441. The van der Waals surface area contributed by atoms with E-state index in [-0.39, 0.29) is 0 Å². The Hall–Kier alpha value is -1.42. The van der Waals surface area contributed by atoms with Gasteiger partial charge in [0.1, 0.15) is 6.61 Å². The summed E-state index contributed by atoms with van der Waals surface area (Å²) in [6, 6.07) is 4.48. The number of hydrogen-bond donors (Lipinski definition) is 1. The maximum atomic E-state index is 5.93. The fraction of sp³-hybridized carbons (Fsp3) is 0.571. The zero-order valence-corrected chi connectivity index (χ0v) is 11.2. The van der Waals surface area contributed by atoms with E-state index < -0.39 is 0 Å². The molecule has 18 heavy (non-hydrogen) atoms. The average molecular weight is 247 g/mol. The van der Waals surface area contributed by atoms with E-state index >= 15 is 0 Å². The number of hydrogen-bond acceptors (Lipinski definition) is 4. The molecule has 0 unspecified atom stereocenters. The third kappa shape index (κ3) is 2.01. The van der Waals surface area contributed by atoms with Gasteiger partial charge in [0, 0.05) is 33.2 Å². The van der Waals surface area contributed by atoms with Crippen molar-refractivity contribution in [1.29, 1.82) is 0 Å². The molecule has 98 valence electrons. The zero-order valence-electron chi connectivity index (χ0n) is 11.2. The third-order valence-electron chi connectivity index (χ3n) is 3.74. The molecule has 2 heterocycles. The van der Waals surface area contributed by atoms with E-state index in [1.807, 2.05) is 0 Å². The van der Waals surface area contributed by atoms with Crippen LogP contribution in [-0.4, -0.2) is 46.4 Å². The standard InChI is InChI=1S/C14H21N3O/c1-11-9-12-14(18-8-7-16(12)2)13(10-11)17-5-3-15-4-6-17/h9-10,15H,3-8H2,1-2H3. The number of piperazine rings is 1. The molecule has 3 rings (SSSR count). The maximum Gasteiger partial charge on any atom is 0.165 e. The van der Waals surface area contributed by atoms with Gasteiger partial charge in [0.25, 0.3) is 0 Å². The molecule has 2 aliphatic rings. The molecule has 0 amide bonds. The number of aryl methyl sites for hydroxylation is 1. The summed E-state index contributed by atoms with van der Waals surface area (Å²) in [4.78, 5) is 4.72. The molecular formula is C14H21N3O. The number of nitrogens with one attached hydrogen (secondary N) is 1. The van der Waals surface area contributed by atoms with Gasteiger partial charge in [-0.15, -0.1) is 0 Å². The number of ether oxygens (including phenoxy) is 1. The van der Waals surface area contributed by atoms with Gasteiger partial charge in [0.05, 0.1) is 17.9 Å². The zero-order chi connectivity index (χ0) is 12.5. The molecule has 1 N–H and O–H groups in total. The lowest BCUT2D eigenvalue weighted by atomic mass is 10.1. The molecule has 0 radical (unpaired) electrons. The van der Waals surface area contributed by atoms with Crippen molar-refractivity contribution in [2.75, 3.05) is 56.2 Å². The molecule has 0 spiro atoms. The molecule has 4 nitrogen and oxygen atoms in total. The highest BCUT2D eigenvalue weighted by Gasteiger charge is 2.23. The highest BCUT2D eigenvalue weighted by Crippen LogP contribution is 2.41. The Labute approximate surface area is 109 Å². The number of rotatable bonds is 1. The van der Waals surface area contributed by atoms with E-state index in [2.05, 4.69) is 41.2 Å². The summed E-state index contributed by atoms with van der Waals surface area (Å²) in [6.45, 7) is 8.14. The Balaban J connectivity index is 2.02. The second-order valence-electron chi connectivity index (χ2n) is 5.14. The van der Waals surface area contributed by atoms with E-state index in [9.17, 15) is 0 Å². The van der Waals surface area contributed by atoms with Crippen LogP contribution in [0.3, 0.4) is 0 Å². The summed E-state index contributed by atoms with van der Waals surface area (Å²) >= 11 is 0. The first-order valence-corrected chi connectivity index (χ1v) is 6.70. The fourth-order valence-electron chi connectivity index (χ4n) is 2.71. The first-order valence-electron chi connectivity index (χ1n) is 6.70. The number of nitrogens with zero attached hydrogens (tertiary/aromatic N) is 2. The van der Waals surface area contributed by atoms with Crippen LogP contribution in [0, 0.1) is 6.92 Å². The lowest BCUT2D eigenvalue weighted by Gasteiger charge is -2.35. The quantitative estimate of drug-likeness (QED) is 0.808. The van der Waals surface area contributed by atoms with E-state index in [1.54, 1.807) is 0 Å². The van der Waals surface area contributed by atoms with Gasteiger partial charge in [-0.05, 0) is 24.6 Å². The number of benzene rings is 1. The summed E-state index contributed by atoms with van der Waals surface area (Å²) in [6.07, 6.45) is 0. The normalized spacial score (nSPS) is 19.4. The first kappa shape index (κ1) is 11.7. The van der Waals surface area contributed by atoms with Crippen molar-refractivity contribution in [3.63, 3.8) is 0 Å².